The molecule has 0 radical (unpaired) electrons. The predicted molar refractivity (Wildman–Crippen MR) is 87.5 cm³/mol. The van der Waals surface area contributed by atoms with Crippen molar-refractivity contribution in [2.24, 2.45) is 0 Å². The Morgan fingerprint density at radius 2 is 2.19 bits per heavy atom. The summed E-state index contributed by atoms with van der Waals surface area (Å²) in [6.07, 6.45) is 3.65. The molecule has 1 aromatic rings. The summed E-state index contributed by atoms with van der Waals surface area (Å²) in [5.41, 5.74) is 1.08. The molecule has 0 saturated carbocycles. The van der Waals surface area contributed by atoms with Gasteiger partial charge < -0.3 is 15.7 Å². The number of carbonyl (C=O) groups is 1. The van der Waals surface area contributed by atoms with Crippen molar-refractivity contribution in [3.8, 4) is 0 Å². The summed E-state index contributed by atoms with van der Waals surface area (Å²) in [4.78, 5) is 12.2. The maximum Gasteiger partial charge on any atom is 0.315 e. The topological polar surface area (TPSA) is 61.4 Å². The number of nitrogens with one attached hydrogen (secondary N) is 2. The smallest absolute Gasteiger partial charge is 0.315 e. The molecule has 2 atom stereocenters. The molecule has 116 valence electrons. The van der Waals surface area contributed by atoms with Crippen LogP contribution in [0.2, 0.25) is 0 Å². The molecule has 0 aliphatic carbocycles. The SMILES string of the molecule is O=C(NC1CCCSC1)NC(CCCO)c1ccccc1. The second-order valence-corrected chi connectivity index (χ2v) is 6.51. The second kappa shape index (κ2) is 8.95. The molecule has 1 heterocycles. The fourth-order valence-electron chi connectivity index (χ4n) is 2.54. The van der Waals surface area contributed by atoms with Gasteiger partial charge in [-0.05, 0) is 37.0 Å². The maximum atomic E-state index is 12.2. The van der Waals surface area contributed by atoms with Gasteiger partial charge in [0, 0.05) is 18.4 Å². The fraction of sp³-hybridized carbons (Fsp3) is 0.562. The summed E-state index contributed by atoms with van der Waals surface area (Å²) in [7, 11) is 0. The summed E-state index contributed by atoms with van der Waals surface area (Å²) in [5, 5.41) is 15.1. The van der Waals surface area contributed by atoms with E-state index in [2.05, 4.69) is 10.6 Å². The Bertz CT molecular complexity index is 422. The molecule has 2 rings (SSSR count). The van der Waals surface area contributed by atoms with E-state index in [4.69, 9.17) is 5.11 Å². The van der Waals surface area contributed by atoms with Crippen molar-refractivity contribution in [1.82, 2.24) is 10.6 Å². The van der Waals surface area contributed by atoms with Crippen LogP contribution in [0.3, 0.4) is 0 Å². The van der Waals surface area contributed by atoms with E-state index in [9.17, 15) is 4.79 Å². The number of urea groups is 1. The van der Waals surface area contributed by atoms with Crippen molar-refractivity contribution in [2.75, 3.05) is 18.1 Å². The Hall–Kier alpha value is -1.20. The molecule has 5 heteroatoms. The number of benzene rings is 1. The quantitative estimate of drug-likeness (QED) is 0.757. The van der Waals surface area contributed by atoms with Gasteiger partial charge in [0.1, 0.15) is 0 Å². The Morgan fingerprint density at radius 1 is 1.38 bits per heavy atom. The lowest BCUT2D eigenvalue weighted by Gasteiger charge is -2.25. The van der Waals surface area contributed by atoms with Gasteiger partial charge in [-0.2, -0.15) is 11.8 Å². The van der Waals surface area contributed by atoms with Gasteiger partial charge in [0.05, 0.1) is 6.04 Å². The van der Waals surface area contributed by atoms with E-state index in [-0.39, 0.29) is 24.7 Å². The van der Waals surface area contributed by atoms with Crippen LogP contribution in [0.25, 0.3) is 0 Å². The van der Waals surface area contributed by atoms with E-state index in [0.717, 1.165) is 24.2 Å². The number of rotatable bonds is 6. The number of aliphatic hydroxyl groups excluding tert-OH is 1. The van der Waals surface area contributed by atoms with E-state index in [1.165, 1.54) is 12.2 Å². The minimum Gasteiger partial charge on any atom is -0.396 e. The molecular formula is C16H24N2O2S. The molecule has 1 aliphatic rings. The second-order valence-electron chi connectivity index (χ2n) is 5.36. The van der Waals surface area contributed by atoms with Gasteiger partial charge in [-0.1, -0.05) is 30.3 Å². The molecule has 4 nitrogen and oxygen atoms in total. The largest absolute Gasteiger partial charge is 0.396 e. The van der Waals surface area contributed by atoms with Crippen molar-refractivity contribution in [2.45, 2.75) is 37.8 Å². The Labute approximate surface area is 130 Å². The predicted octanol–water partition coefficient (Wildman–Crippen LogP) is 2.70. The summed E-state index contributed by atoms with van der Waals surface area (Å²) in [6, 6.07) is 10.1. The highest BCUT2D eigenvalue weighted by Crippen LogP contribution is 2.19. The lowest BCUT2D eigenvalue weighted by molar-refractivity contribution is 0.229. The van der Waals surface area contributed by atoms with Crippen LogP contribution in [0.4, 0.5) is 4.79 Å². The average molecular weight is 308 g/mol. The lowest BCUT2D eigenvalue weighted by Crippen LogP contribution is -2.45. The summed E-state index contributed by atoms with van der Waals surface area (Å²) in [5.74, 6) is 2.20. The third-order valence-electron chi connectivity index (χ3n) is 3.65. The van der Waals surface area contributed by atoms with Crippen LogP contribution >= 0.6 is 11.8 Å². The van der Waals surface area contributed by atoms with Crippen molar-refractivity contribution in [1.29, 1.82) is 0 Å². The highest BCUT2D eigenvalue weighted by molar-refractivity contribution is 7.99. The molecule has 1 aliphatic heterocycles. The van der Waals surface area contributed by atoms with Crippen molar-refractivity contribution in [3.63, 3.8) is 0 Å². The number of carbonyl (C=O) groups excluding carboxylic acids is 1. The Kier molecular flexibility index (Phi) is 6.89. The number of hydrogen-bond acceptors (Lipinski definition) is 3. The number of hydrogen-bond donors (Lipinski definition) is 3. The monoisotopic (exact) mass is 308 g/mol. The molecule has 1 aromatic carbocycles. The molecular weight excluding hydrogens is 284 g/mol. The first-order valence-corrected chi connectivity index (χ1v) is 8.75. The lowest BCUT2D eigenvalue weighted by atomic mass is 10.0. The molecule has 3 N–H and O–H groups in total. The first-order valence-electron chi connectivity index (χ1n) is 7.60. The fourth-order valence-corrected chi connectivity index (χ4v) is 3.61. The minimum atomic E-state index is -0.103. The first kappa shape index (κ1) is 16.2. The summed E-state index contributed by atoms with van der Waals surface area (Å²) in [6.45, 7) is 0.145. The van der Waals surface area contributed by atoms with Crippen molar-refractivity contribution >= 4 is 17.8 Å². The van der Waals surface area contributed by atoms with Gasteiger partial charge in [-0.25, -0.2) is 4.79 Å². The number of thioether (sulfide) groups is 1. The maximum absolute atomic E-state index is 12.2. The Balaban J connectivity index is 1.89. The van der Waals surface area contributed by atoms with Crippen molar-refractivity contribution in [3.05, 3.63) is 35.9 Å². The van der Waals surface area contributed by atoms with Gasteiger partial charge in [0.15, 0.2) is 0 Å². The molecule has 2 unspecified atom stereocenters. The van der Waals surface area contributed by atoms with Crippen LogP contribution in [-0.4, -0.2) is 35.3 Å². The zero-order valence-electron chi connectivity index (χ0n) is 12.3. The molecule has 1 saturated heterocycles. The van der Waals surface area contributed by atoms with Gasteiger partial charge in [0.25, 0.3) is 0 Å². The molecule has 21 heavy (non-hydrogen) atoms. The molecule has 0 spiro atoms. The van der Waals surface area contributed by atoms with E-state index in [0.29, 0.717) is 6.42 Å². The van der Waals surface area contributed by atoms with E-state index >= 15 is 0 Å². The zero-order chi connectivity index (χ0) is 14.9. The Morgan fingerprint density at radius 3 is 2.86 bits per heavy atom. The third-order valence-corrected chi connectivity index (χ3v) is 4.87. The van der Waals surface area contributed by atoms with E-state index in [1.807, 2.05) is 42.1 Å². The minimum absolute atomic E-state index is 0.0467. The summed E-state index contributed by atoms with van der Waals surface area (Å²) < 4.78 is 0. The molecule has 1 fully saturated rings. The highest BCUT2D eigenvalue weighted by Gasteiger charge is 2.19. The van der Waals surface area contributed by atoms with E-state index < -0.39 is 0 Å². The van der Waals surface area contributed by atoms with Crippen LogP contribution in [-0.2, 0) is 0 Å². The van der Waals surface area contributed by atoms with Gasteiger partial charge in [0.2, 0.25) is 0 Å². The molecule has 0 bridgehead atoms. The normalized spacial score (nSPS) is 19.8. The third kappa shape index (κ3) is 5.59. The number of amides is 2. The van der Waals surface area contributed by atoms with Crippen LogP contribution < -0.4 is 10.6 Å². The van der Waals surface area contributed by atoms with Crippen LogP contribution in [0.5, 0.6) is 0 Å². The van der Waals surface area contributed by atoms with Gasteiger partial charge in [-0.15, -0.1) is 0 Å². The van der Waals surface area contributed by atoms with Gasteiger partial charge >= 0.3 is 6.03 Å². The molecule has 2 amide bonds. The first-order chi connectivity index (χ1) is 10.3. The van der Waals surface area contributed by atoms with E-state index in [1.54, 1.807) is 0 Å². The van der Waals surface area contributed by atoms with Crippen molar-refractivity contribution < 1.29 is 9.90 Å². The standard InChI is InChI=1S/C16H24N2O2S/c19-10-4-9-15(13-6-2-1-3-7-13)18-16(20)17-14-8-5-11-21-12-14/h1-3,6-7,14-15,19H,4-5,8-12H2,(H2,17,18,20). The summed E-state index contributed by atoms with van der Waals surface area (Å²) >= 11 is 1.90. The van der Waals surface area contributed by atoms with Crippen LogP contribution in [0.1, 0.15) is 37.3 Å². The number of aliphatic hydroxyl groups is 1. The average Bonchev–Trinajstić information content (AvgIpc) is 2.53. The molecule has 0 aromatic heterocycles. The van der Waals surface area contributed by atoms with Crippen LogP contribution in [0, 0.1) is 0 Å². The van der Waals surface area contributed by atoms with Gasteiger partial charge in [-0.3, -0.25) is 0 Å². The van der Waals surface area contributed by atoms with Crippen LogP contribution in [0.15, 0.2) is 30.3 Å². The zero-order valence-corrected chi connectivity index (χ0v) is 13.1. The highest BCUT2D eigenvalue weighted by atomic mass is 32.2.